The first-order valence-electron chi connectivity index (χ1n) is 11.7. The van der Waals surface area contributed by atoms with Gasteiger partial charge in [-0.05, 0) is 64.5 Å². The van der Waals surface area contributed by atoms with Gasteiger partial charge in [0.05, 0.1) is 6.61 Å². The summed E-state index contributed by atoms with van der Waals surface area (Å²) < 4.78 is 10.0. The first-order chi connectivity index (χ1) is 15.1. The molecule has 1 fully saturated rings. The molecule has 0 atom stereocenters. The lowest BCUT2D eigenvalue weighted by atomic mass is 9.93. The number of unbranched alkanes of at least 4 members (excludes halogenated alkanes) is 1. The molecule has 1 saturated heterocycles. The van der Waals surface area contributed by atoms with Crippen molar-refractivity contribution in [2.75, 3.05) is 19.7 Å². The van der Waals surface area contributed by atoms with Crippen molar-refractivity contribution in [2.45, 2.75) is 77.9 Å². The summed E-state index contributed by atoms with van der Waals surface area (Å²) in [6.45, 7) is 5.99. The second-order valence-electron chi connectivity index (χ2n) is 8.59. The molecule has 2 aliphatic heterocycles. The lowest BCUT2D eigenvalue weighted by Crippen LogP contribution is -2.41. The van der Waals surface area contributed by atoms with Gasteiger partial charge in [-0.2, -0.15) is 0 Å². The molecular formula is C22H33N5O4. The second kappa shape index (κ2) is 9.80. The number of nitrogens with zero attached hydrogens (tertiary/aromatic N) is 4. The molecule has 31 heavy (non-hydrogen) atoms. The van der Waals surface area contributed by atoms with Crippen LogP contribution in [0.4, 0.5) is 0 Å². The van der Waals surface area contributed by atoms with Crippen LogP contribution < -0.4 is 16.6 Å². The van der Waals surface area contributed by atoms with Crippen molar-refractivity contribution >= 4 is 17.1 Å². The quantitative estimate of drug-likeness (QED) is 0.476. The number of aromatic nitrogens is 4. The number of carbonyl (C=O) groups excluding carboxylic acids is 1. The van der Waals surface area contributed by atoms with E-state index in [0.717, 1.165) is 44.7 Å². The van der Waals surface area contributed by atoms with Gasteiger partial charge in [0.25, 0.3) is 5.56 Å². The van der Waals surface area contributed by atoms with E-state index in [2.05, 4.69) is 9.88 Å². The summed E-state index contributed by atoms with van der Waals surface area (Å²) >= 11 is 0. The normalized spacial score (nSPS) is 16.7. The van der Waals surface area contributed by atoms with Crippen molar-refractivity contribution in [1.29, 1.82) is 0 Å². The lowest BCUT2D eigenvalue weighted by molar-refractivity contribution is -0.143. The molecular weight excluding hydrogens is 398 g/mol. The fourth-order valence-electron chi connectivity index (χ4n) is 4.85. The largest absolute Gasteiger partial charge is 0.466 e. The predicted octanol–water partition coefficient (Wildman–Crippen LogP) is 1.43. The maximum absolute atomic E-state index is 13.1. The van der Waals surface area contributed by atoms with Crippen molar-refractivity contribution in [3.05, 3.63) is 26.7 Å². The highest BCUT2D eigenvalue weighted by atomic mass is 16.5. The van der Waals surface area contributed by atoms with Crippen LogP contribution in [0.1, 0.15) is 57.7 Å². The zero-order valence-electron chi connectivity index (χ0n) is 18.4. The molecule has 4 heterocycles. The van der Waals surface area contributed by atoms with Crippen LogP contribution >= 0.6 is 0 Å². The molecule has 0 unspecified atom stereocenters. The second-order valence-corrected chi connectivity index (χ2v) is 8.59. The molecule has 0 saturated carbocycles. The fourth-order valence-corrected chi connectivity index (χ4v) is 4.85. The Morgan fingerprint density at radius 3 is 2.71 bits per heavy atom. The van der Waals surface area contributed by atoms with E-state index in [9.17, 15) is 14.4 Å². The van der Waals surface area contributed by atoms with E-state index >= 15 is 0 Å². The fraction of sp³-hybridized carbons (Fsp3) is 0.727. The third-order valence-electron chi connectivity index (χ3n) is 6.50. The van der Waals surface area contributed by atoms with E-state index < -0.39 is 0 Å². The molecule has 0 bridgehead atoms. The Hall–Kier alpha value is -2.42. The van der Waals surface area contributed by atoms with E-state index in [1.165, 1.54) is 17.4 Å². The van der Waals surface area contributed by atoms with Crippen LogP contribution in [-0.2, 0) is 35.6 Å². The Balaban J connectivity index is 1.55. The van der Waals surface area contributed by atoms with Gasteiger partial charge in [0.1, 0.15) is 11.5 Å². The summed E-state index contributed by atoms with van der Waals surface area (Å²) in [7, 11) is 0. The predicted molar refractivity (Wildman–Crippen MR) is 117 cm³/mol. The summed E-state index contributed by atoms with van der Waals surface area (Å²) in [5, 5.41) is 3.40. The van der Waals surface area contributed by atoms with Gasteiger partial charge in [0, 0.05) is 32.5 Å². The average molecular weight is 432 g/mol. The molecule has 9 nitrogen and oxygen atoms in total. The maximum Gasteiger partial charge on any atom is 0.332 e. The number of esters is 1. The zero-order valence-corrected chi connectivity index (χ0v) is 18.4. The molecule has 0 radical (unpaired) electrons. The molecule has 1 N–H and O–H groups in total. The third-order valence-corrected chi connectivity index (χ3v) is 6.50. The number of hydrogen-bond acceptors (Lipinski definition) is 6. The van der Waals surface area contributed by atoms with Crippen molar-refractivity contribution < 1.29 is 9.53 Å². The zero-order chi connectivity index (χ0) is 21.8. The third kappa shape index (κ3) is 4.61. The smallest absolute Gasteiger partial charge is 0.332 e. The van der Waals surface area contributed by atoms with Crippen LogP contribution in [0.3, 0.4) is 0 Å². The Labute approximate surface area is 181 Å². The topological polar surface area (TPSA) is 100 Å². The number of carbonyl (C=O) groups is 1. The summed E-state index contributed by atoms with van der Waals surface area (Å²) in [5.74, 6) is 1.38. The van der Waals surface area contributed by atoms with Gasteiger partial charge in [-0.25, -0.2) is 9.78 Å². The molecule has 0 amide bonds. The molecule has 0 aliphatic carbocycles. The molecule has 4 rings (SSSR count). The SMILES string of the molecule is CCOC(=O)CCCCn1c(=O)c2nc(CCC3CCNCC3)n3c2n(c1=O)CCC3. The van der Waals surface area contributed by atoms with Gasteiger partial charge in [0.15, 0.2) is 5.52 Å². The highest BCUT2D eigenvalue weighted by Crippen LogP contribution is 2.22. The number of rotatable bonds is 9. The minimum Gasteiger partial charge on any atom is -0.466 e. The maximum atomic E-state index is 13.1. The Kier molecular flexibility index (Phi) is 6.89. The summed E-state index contributed by atoms with van der Waals surface area (Å²) in [6.07, 6.45) is 6.59. The Morgan fingerprint density at radius 2 is 1.94 bits per heavy atom. The standard InChI is InChI=1S/C22H33N5O4/c1-2-31-18(28)6-3-4-13-27-21(29)19-20-25(14-5-15-26(20)22(27)30)17(24-19)8-7-16-9-11-23-12-10-16/h16,23H,2-15H2,1H3. The molecule has 2 aromatic rings. The van der Waals surface area contributed by atoms with E-state index in [1.54, 1.807) is 11.5 Å². The molecule has 0 spiro atoms. The summed E-state index contributed by atoms with van der Waals surface area (Å²) in [5.41, 5.74) is 0.518. The Bertz CT molecular complexity index is 1040. The highest BCUT2D eigenvalue weighted by Gasteiger charge is 2.24. The van der Waals surface area contributed by atoms with Crippen molar-refractivity contribution in [1.82, 2.24) is 24.0 Å². The summed E-state index contributed by atoms with van der Waals surface area (Å²) in [6, 6.07) is 0. The van der Waals surface area contributed by atoms with Gasteiger partial charge in [-0.1, -0.05) is 0 Å². The van der Waals surface area contributed by atoms with E-state index in [1.807, 2.05) is 0 Å². The molecule has 9 heteroatoms. The molecule has 170 valence electrons. The number of piperidine rings is 1. The van der Waals surface area contributed by atoms with Crippen LogP contribution in [0.25, 0.3) is 11.2 Å². The lowest BCUT2D eigenvalue weighted by Gasteiger charge is -2.23. The van der Waals surface area contributed by atoms with Crippen LogP contribution in [0.2, 0.25) is 0 Å². The van der Waals surface area contributed by atoms with Gasteiger partial charge < -0.3 is 14.6 Å². The van der Waals surface area contributed by atoms with Crippen LogP contribution in [0.15, 0.2) is 9.59 Å². The van der Waals surface area contributed by atoms with Crippen molar-refractivity contribution in [2.24, 2.45) is 5.92 Å². The number of nitrogens with one attached hydrogen (secondary N) is 1. The molecule has 2 aliphatic rings. The highest BCUT2D eigenvalue weighted by molar-refractivity contribution is 5.71. The Morgan fingerprint density at radius 1 is 1.16 bits per heavy atom. The minimum atomic E-state index is -0.309. The van der Waals surface area contributed by atoms with Crippen LogP contribution in [0, 0.1) is 5.92 Å². The van der Waals surface area contributed by atoms with Gasteiger partial charge in [-0.15, -0.1) is 0 Å². The molecule has 0 aromatic carbocycles. The van der Waals surface area contributed by atoms with Crippen LogP contribution in [0.5, 0.6) is 0 Å². The van der Waals surface area contributed by atoms with Gasteiger partial charge >= 0.3 is 11.7 Å². The number of aryl methyl sites for hydroxylation is 3. The molecule has 2 aromatic heterocycles. The first-order valence-corrected chi connectivity index (χ1v) is 11.7. The van der Waals surface area contributed by atoms with E-state index in [4.69, 9.17) is 9.72 Å². The number of ether oxygens (including phenoxy) is 1. The van der Waals surface area contributed by atoms with E-state index in [0.29, 0.717) is 56.0 Å². The average Bonchev–Trinajstić information content (AvgIpc) is 3.16. The monoisotopic (exact) mass is 431 g/mol. The first kappa shape index (κ1) is 21.8. The number of hydrogen-bond donors (Lipinski definition) is 1. The van der Waals surface area contributed by atoms with Crippen LogP contribution in [-0.4, -0.2) is 44.4 Å². The van der Waals surface area contributed by atoms with E-state index in [-0.39, 0.29) is 17.2 Å². The van der Waals surface area contributed by atoms with Crippen molar-refractivity contribution in [3.63, 3.8) is 0 Å². The minimum absolute atomic E-state index is 0.241. The number of imidazole rings is 1. The van der Waals surface area contributed by atoms with Gasteiger partial charge in [-0.3, -0.25) is 18.7 Å². The van der Waals surface area contributed by atoms with Crippen molar-refractivity contribution in [3.8, 4) is 0 Å². The van der Waals surface area contributed by atoms with Gasteiger partial charge in [0.2, 0.25) is 0 Å². The summed E-state index contributed by atoms with van der Waals surface area (Å²) in [4.78, 5) is 42.4.